The van der Waals surface area contributed by atoms with Gasteiger partial charge in [-0.1, -0.05) is 0 Å². The molecule has 0 amide bonds. The van der Waals surface area contributed by atoms with E-state index in [0.717, 1.165) is 45.2 Å². The normalized spacial score (nSPS) is 10.8. The summed E-state index contributed by atoms with van der Waals surface area (Å²) >= 11 is 0. The predicted octanol–water partition coefficient (Wildman–Crippen LogP) is 4.73. The van der Waals surface area contributed by atoms with Gasteiger partial charge in [-0.25, -0.2) is 9.97 Å². The van der Waals surface area contributed by atoms with Crippen LogP contribution >= 0.6 is 0 Å². The van der Waals surface area contributed by atoms with Crippen LogP contribution in [0, 0.1) is 13.8 Å². The Kier molecular flexibility index (Phi) is 4.33. The Hall–Kier alpha value is -3.61. The van der Waals surface area contributed by atoms with E-state index >= 15 is 0 Å². The van der Waals surface area contributed by atoms with Crippen molar-refractivity contribution in [3.63, 3.8) is 0 Å². The van der Waals surface area contributed by atoms with Crippen molar-refractivity contribution in [3.05, 3.63) is 60.1 Å². The van der Waals surface area contributed by atoms with Gasteiger partial charge in [-0.3, -0.25) is 0 Å². The van der Waals surface area contributed by atoms with Crippen LogP contribution in [0.4, 0.5) is 23.1 Å². The smallest absolute Gasteiger partial charge is 0.229 e. The molecule has 27 heavy (non-hydrogen) atoms. The van der Waals surface area contributed by atoms with E-state index in [9.17, 15) is 0 Å². The van der Waals surface area contributed by atoms with Crippen LogP contribution in [0.5, 0.6) is 5.75 Å². The van der Waals surface area contributed by atoms with E-state index in [1.54, 1.807) is 13.3 Å². The fourth-order valence-corrected chi connectivity index (χ4v) is 2.77. The Bertz CT molecular complexity index is 1110. The quantitative estimate of drug-likeness (QED) is 0.531. The zero-order chi connectivity index (χ0) is 18.8. The van der Waals surface area contributed by atoms with Crippen LogP contribution < -0.4 is 15.4 Å². The number of hydrogen-bond acceptors (Lipinski definition) is 7. The third-order valence-electron chi connectivity index (χ3n) is 4.11. The van der Waals surface area contributed by atoms with Gasteiger partial charge in [-0.05, 0) is 49.7 Å². The largest absolute Gasteiger partial charge is 0.497 e. The molecule has 0 unspecified atom stereocenters. The van der Waals surface area contributed by atoms with Crippen molar-refractivity contribution in [1.82, 2.24) is 15.0 Å². The Balaban J connectivity index is 1.60. The molecule has 0 atom stereocenters. The van der Waals surface area contributed by atoms with E-state index in [-0.39, 0.29) is 0 Å². The number of ether oxygens (including phenoxy) is 1. The van der Waals surface area contributed by atoms with Crippen molar-refractivity contribution in [1.29, 1.82) is 0 Å². The molecule has 0 aliphatic carbocycles. The number of fused-ring (bicyclic) bond motifs is 1. The molecule has 7 nitrogen and oxygen atoms in total. The number of hydrogen-bond donors (Lipinski definition) is 2. The highest BCUT2D eigenvalue weighted by atomic mass is 16.5. The zero-order valence-corrected chi connectivity index (χ0v) is 15.3. The first-order valence-corrected chi connectivity index (χ1v) is 8.47. The fourth-order valence-electron chi connectivity index (χ4n) is 2.77. The van der Waals surface area contributed by atoms with Gasteiger partial charge in [-0.15, -0.1) is 0 Å². The topological polar surface area (TPSA) is 85.1 Å². The molecule has 2 aromatic carbocycles. The molecular weight excluding hydrogens is 342 g/mol. The average Bonchev–Trinajstić information content (AvgIpc) is 3.12. The fraction of sp³-hybridized carbons (Fsp3) is 0.150. The minimum Gasteiger partial charge on any atom is -0.497 e. The lowest BCUT2D eigenvalue weighted by Crippen LogP contribution is -2.03. The van der Waals surface area contributed by atoms with E-state index in [2.05, 4.69) is 25.6 Å². The van der Waals surface area contributed by atoms with Gasteiger partial charge >= 0.3 is 0 Å². The predicted molar refractivity (Wildman–Crippen MR) is 105 cm³/mol. The average molecular weight is 361 g/mol. The number of aryl methyl sites for hydroxylation is 2. The molecule has 2 N–H and O–H groups in total. The Labute approximate surface area is 156 Å². The lowest BCUT2D eigenvalue weighted by atomic mass is 10.2. The second-order valence-electron chi connectivity index (χ2n) is 6.25. The van der Waals surface area contributed by atoms with Gasteiger partial charge in [0.05, 0.1) is 7.11 Å². The van der Waals surface area contributed by atoms with Gasteiger partial charge in [-0.2, -0.15) is 4.98 Å². The maximum absolute atomic E-state index is 5.32. The van der Waals surface area contributed by atoms with Crippen molar-refractivity contribution in [2.45, 2.75) is 13.8 Å². The summed E-state index contributed by atoms with van der Waals surface area (Å²) in [7, 11) is 1.65. The Morgan fingerprint density at radius 1 is 0.963 bits per heavy atom. The summed E-state index contributed by atoms with van der Waals surface area (Å²) in [6.07, 6.45) is 3.21. The number of methoxy groups -OCH3 is 1. The number of nitrogens with one attached hydrogen (secondary N) is 2. The summed E-state index contributed by atoms with van der Waals surface area (Å²) in [6.45, 7) is 3.97. The number of oxazole rings is 1. The highest BCUT2D eigenvalue weighted by Gasteiger charge is 2.08. The molecule has 0 saturated heterocycles. The summed E-state index contributed by atoms with van der Waals surface area (Å²) in [5.41, 5.74) is 5.30. The molecule has 7 heteroatoms. The van der Waals surface area contributed by atoms with Gasteiger partial charge in [0, 0.05) is 29.2 Å². The molecule has 4 aromatic rings. The summed E-state index contributed by atoms with van der Waals surface area (Å²) in [5, 5.41) is 6.55. The van der Waals surface area contributed by atoms with Crippen molar-refractivity contribution >= 4 is 34.2 Å². The minimum absolute atomic E-state index is 0.498. The maximum atomic E-state index is 5.32. The van der Waals surface area contributed by atoms with Gasteiger partial charge in [0.1, 0.15) is 17.1 Å². The molecular formula is C20H19N5O2. The molecule has 0 aliphatic rings. The van der Waals surface area contributed by atoms with E-state index in [4.69, 9.17) is 9.15 Å². The second kappa shape index (κ2) is 6.95. The first-order valence-electron chi connectivity index (χ1n) is 8.47. The van der Waals surface area contributed by atoms with E-state index in [0.29, 0.717) is 5.95 Å². The van der Waals surface area contributed by atoms with Crippen LogP contribution in [0.2, 0.25) is 0 Å². The molecule has 2 heterocycles. The number of benzene rings is 2. The number of aromatic nitrogens is 3. The maximum Gasteiger partial charge on any atom is 0.229 e. The van der Waals surface area contributed by atoms with Crippen LogP contribution in [0.1, 0.15) is 11.1 Å². The highest BCUT2D eigenvalue weighted by Crippen LogP contribution is 2.25. The standard InChI is InChI=1S/C20H19N5O2/c1-12-6-15(8-16(7-12)26-3)24-20-21-10-13(2)19(25-20)23-14-4-5-18-17(9-14)22-11-27-18/h4-11H,1-3H3,(H2,21,23,24,25). The molecule has 0 aliphatic heterocycles. The second-order valence-corrected chi connectivity index (χ2v) is 6.25. The van der Waals surface area contributed by atoms with Gasteiger partial charge < -0.3 is 19.8 Å². The third-order valence-corrected chi connectivity index (χ3v) is 4.11. The van der Waals surface area contributed by atoms with Crippen LogP contribution in [0.25, 0.3) is 11.1 Å². The van der Waals surface area contributed by atoms with Crippen molar-refractivity contribution in [2.24, 2.45) is 0 Å². The minimum atomic E-state index is 0.498. The van der Waals surface area contributed by atoms with Gasteiger partial charge in [0.15, 0.2) is 12.0 Å². The first kappa shape index (κ1) is 16.8. The number of anilines is 4. The summed E-state index contributed by atoms with van der Waals surface area (Å²) in [5.74, 6) is 2.00. The first-order chi connectivity index (χ1) is 13.1. The van der Waals surface area contributed by atoms with Crippen LogP contribution in [0.15, 0.2) is 53.4 Å². The van der Waals surface area contributed by atoms with Gasteiger partial charge in [0.25, 0.3) is 0 Å². The van der Waals surface area contributed by atoms with Crippen LogP contribution in [-0.2, 0) is 0 Å². The van der Waals surface area contributed by atoms with Crippen LogP contribution in [-0.4, -0.2) is 22.1 Å². The van der Waals surface area contributed by atoms with Crippen molar-refractivity contribution < 1.29 is 9.15 Å². The molecule has 0 fully saturated rings. The molecule has 0 saturated carbocycles. The zero-order valence-electron chi connectivity index (χ0n) is 15.3. The monoisotopic (exact) mass is 361 g/mol. The van der Waals surface area contributed by atoms with Crippen molar-refractivity contribution in [2.75, 3.05) is 17.7 Å². The summed E-state index contributed by atoms with van der Waals surface area (Å²) < 4.78 is 10.6. The molecule has 0 bridgehead atoms. The third kappa shape index (κ3) is 3.67. The Morgan fingerprint density at radius 3 is 2.70 bits per heavy atom. The van der Waals surface area contributed by atoms with E-state index in [1.165, 1.54) is 6.39 Å². The number of nitrogens with zero attached hydrogens (tertiary/aromatic N) is 3. The Morgan fingerprint density at radius 2 is 1.85 bits per heavy atom. The number of rotatable bonds is 5. The van der Waals surface area contributed by atoms with E-state index < -0.39 is 0 Å². The van der Waals surface area contributed by atoms with E-state index in [1.807, 2.05) is 50.2 Å². The molecule has 136 valence electrons. The summed E-state index contributed by atoms with van der Waals surface area (Å²) in [6, 6.07) is 11.6. The lowest BCUT2D eigenvalue weighted by Gasteiger charge is -2.12. The molecule has 4 rings (SSSR count). The van der Waals surface area contributed by atoms with Gasteiger partial charge in [0.2, 0.25) is 5.95 Å². The highest BCUT2D eigenvalue weighted by molar-refractivity contribution is 5.78. The SMILES string of the molecule is COc1cc(C)cc(Nc2ncc(C)c(Nc3ccc4ocnc4c3)n2)c1. The molecule has 0 radical (unpaired) electrons. The lowest BCUT2D eigenvalue weighted by molar-refractivity contribution is 0.414. The van der Waals surface area contributed by atoms with Crippen LogP contribution in [0.3, 0.4) is 0 Å². The summed E-state index contributed by atoms with van der Waals surface area (Å²) in [4.78, 5) is 13.1. The van der Waals surface area contributed by atoms with Crippen molar-refractivity contribution in [3.8, 4) is 5.75 Å². The molecule has 2 aromatic heterocycles. The molecule has 0 spiro atoms.